The van der Waals surface area contributed by atoms with Gasteiger partial charge in [0, 0.05) is 4.47 Å². The van der Waals surface area contributed by atoms with E-state index in [1.165, 1.54) is 30.3 Å². The van der Waals surface area contributed by atoms with E-state index in [0.717, 1.165) is 12.1 Å². The van der Waals surface area contributed by atoms with Crippen LogP contribution in [0.5, 0.6) is 0 Å². The van der Waals surface area contributed by atoms with Crippen molar-refractivity contribution in [2.45, 2.75) is 10.6 Å². The van der Waals surface area contributed by atoms with Crippen LogP contribution < -0.4 is 0 Å². The number of benzene rings is 2. The zero-order valence-corrected chi connectivity index (χ0v) is 13.0. The number of sulfone groups is 1. The molecule has 110 valence electrons. The van der Waals surface area contributed by atoms with Gasteiger partial charge in [-0.1, -0.05) is 28.1 Å². The van der Waals surface area contributed by atoms with E-state index in [9.17, 15) is 17.6 Å². The largest absolute Gasteiger partial charge is 0.478 e. The van der Waals surface area contributed by atoms with Crippen LogP contribution in [0.15, 0.2) is 51.8 Å². The maximum atomic E-state index is 13.1. The minimum Gasteiger partial charge on any atom is -0.478 e. The lowest BCUT2D eigenvalue weighted by Crippen LogP contribution is -2.06. The van der Waals surface area contributed by atoms with E-state index < -0.39 is 21.6 Å². The van der Waals surface area contributed by atoms with Gasteiger partial charge < -0.3 is 5.11 Å². The van der Waals surface area contributed by atoms with Crippen molar-refractivity contribution in [2.75, 3.05) is 0 Å². The molecule has 0 unspecified atom stereocenters. The molecule has 1 N–H and O–H groups in total. The molecule has 0 saturated carbocycles. The highest BCUT2D eigenvalue weighted by Crippen LogP contribution is 2.24. The van der Waals surface area contributed by atoms with Crippen molar-refractivity contribution < 1.29 is 22.7 Å². The number of carboxylic acid groups (broad SMARTS) is 1. The van der Waals surface area contributed by atoms with Gasteiger partial charge in [0.15, 0.2) is 9.84 Å². The molecule has 21 heavy (non-hydrogen) atoms. The molecule has 2 aromatic rings. The van der Waals surface area contributed by atoms with E-state index in [2.05, 4.69) is 15.9 Å². The summed E-state index contributed by atoms with van der Waals surface area (Å²) in [5.74, 6) is -2.08. The summed E-state index contributed by atoms with van der Waals surface area (Å²) in [6.45, 7) is 0. The fraction of sp³-hybridized carbons (Fsp3) is 0.0714. The maximum absolute atomic E-state index is 13.1. The molecule has 7 heteroatoms. The number of hydrogen-bond donors (Lipinski definition) is 1. The highest BCUT2D eigenvalue weighted by Gasteiger charge is 2.18. The van der Waals surface area contributed by atoms with Gasteiger partial charge in [0.25, 0.3) is 0 Å². The molecule has 0 aliphatic heterocycles. The van der Waals surface area contributed by atoms with Gasteiger partial charge in [-0.25, -0.2) is 17.6 Å². The molecular weight excluding hydrogens is 363 g/mol. The summed E-state index contributed by atoms with van der Waals surface area (Å²) in [5.41, 5.74) is 0.457. The molecule has 0 aromatic heterocycles. The number of hydrogen-bond acceptors (Lipinski definition) is 3. The predicted molar refractivity (Wildman–Crippen MR) is 78.4 cm³/mol. The van der Waals surface area contributed by atoms with Crippen molar-refractivity contribution in [3.05, 3.63) is 63.9 Å². The molecule has 4 nitrogen and oxygen atoms in total. The van der Waals surface area contributed by atoms with Gasteiger partial charge >= 0.3 is 5.97 Å². The van der Waals surface area contributed by atoms with E-state index in [1.54, 1.807) is 0 Å². The number of rotatable bonds is 4. The topological polar surface area (TPSA) is 71.4 Å². The molecule has 0 bridgehead atoms. The summed E-state index contributed by atoms with van der Waals surface area (Å²) in [7, 11) is -3.71. The van der Waals surface area contributed by atoms with E-state index in [0.29, 0.717) is 10.0 Å². The van der Waals surface area contributed by atoms with Crippen molar-refractivity contribution in [1.82, 2.24) is 0 Å². The van der Waals surface area contributed by atoms with Gasteiger partial charge in [-0.05, 0) is 35.9 Å². The molecule has 0 fully saturated rings. The standard InChI is InChI=1S/C14H10BrFO4S/c15-13-6-9(14(17)18)4-5-10(13)8-21(19,20)12-3-1-2-11(16)7-12/h1-7H,8H2,(H,17,18). The first-order valence-corrected chi connectivity index (χ1v) is 8.24. The van der Waals surface area contributed by atoms with Crippen molar-refractivity contribution in [2.24, 2.45) is 0 Å². The predicted octanol–water partition coefficient (Wildman–Crippen LogP) is 3.26. The number of carboxylic acids is 1. The molecule has 0 atom stereocenters. The van der Waals surface area contributed by atoms with Crippen molar-refractivity contribution in [1.29, 1.82) is 0 Å². The van der Waals surface area contributed by atoms with Crippen LogP contribution in [0.4, 0.5) is 4.39 Å². The van der Waals surface area contributed by atoms with Gasteiger partial charge in [0.1, 0.15) is 5.82 Å². The summed E-state index contributed by atoms with van der Waals surface area (Å²) in [5, 5.41) is 8.86. The van der Waals surface area contributed by atoms with Crippen molar-refractivity contribution >= 4 is 31.7 Å². The van der Waals surface area contributed by atoms with Crippen LogP contribution in [-0.2, 0) is 15.6 Å². The lowest BCUT2D eigenvalue weighted by Gasteiger charge is -2.07. The second-order valence-electron chi connectivity index (χ2n) is 4.33. The molecule has 2 aromatic carbocycles. The maximum Gasteiger partial charge on any atom is 0.335 e. The van der Waals surface area contributed by atoms with Crippen molar-refractivity contribution in [3.8, 4) is 0 Å². The Morgan fingerprint density at radius 3 is 2.48 bits per heavy atom. The Morgan fingerprint density at radius 2 is 1.90 bits per heavy atom. The Kier molecular flexibility index (Phi) is 4.43. The third-order valence-corrected chi connectivity index (χ3v) is 5.20. The Bertz CT molecular complexity index is 802. The lowest BCUT2D eigenvalue weighted by molar-refractivity contribution is 0.0697. The smallest absolute Gasteiger partial charge is 0.335 e. The Hall–Kier alpha value is -1.73. The SMILES string of the molecule is O=C(O)c1ccc(CS(=O)(=O)c2cccc(F)c2)c(Br)c1. The molecule has 0 heterocycles. The quantitative estimate of drug-likeness (QED) is 0.893. The molecule has 0 aliphatic carbocycles. The number of carbonyl (C=O) groups is 1. The summed E-state index contributed by atoms with van der Waals surface area (Å²) >= 11 is 3.15. The minimum absolute atomic E-state index is 0.0498. The fourth-order valence-electron chi connectivity index (χ4n) is 1.75. The second-order valence-corrected chi connectivity index (χ2v) is 7.17. The van der Waals surface area contributed by atoms with E-state index in [4.69, 9.17) is 5.11 Å². The van der Waals surface area contributed by atoms with E-state index in [-0.39, 0.29) is 16.2 Å². The van der Waals surface area contributed by atoms with E-state index >= 15 is 0 Å². The third-order valence-electron chi connectivity index (χ3n) is 2.80. The van der Waals surface area contributed by atoms with Crippen LogP contribution in [0.3, 0.4) is 0 Å². The monoisotopic (exact) mass is 372 g/mol. The van der Waals surface area contributed by atoms with Gasteiger partial charge in [0.2, 0.25) is 0 Å². The van der Waals surface area contributed by atoms with Gasteiger partial charge in [0.05, 0.1) is 16.2 Å². The Morgan fingerprint density at radius 1 is 1.19 bits per heavy atom. The Balaban J connectivity index is 2.35. The van der Waals surface area contributed by atoms with Crippen LogP contribution >= 0.6 is 15.9 Å². The molecule has 0 amide bonds. The summed E-state index contributed by atoms with van der Waals surface area (Å²) in [6, 6.07) is 8.83. The van der Waals surface area contributed by atoms with E-state index in [1.807, 2.05) is 0 Å². The minimum atomic E-state index is -3.71. The molecule has 0 spiro atoms. The van der Waals surface area contributed by atoms with Crippen molar-refractivity contribution in [3.63, 3.8) is 0 Å². The first-order chi connectivity index (χ1) is 9.79. The number of aromatic carboxylic acids is 1. The highest BCUT2D eigenvalue weighted by molar-refractivity contribution is 9.10. The zero-order valence-electron chi connectivity index (χ0n) is 10.6. The average molecular weight is 373 g/mol. The molecular formula is C14H10BrFO4S. The summed E-state index contributed by atoms with van der Waals surface area (Å²) in [4.78, 5) is 10.7. The average Bonchev–Trinajstić information content (AvgIpc) is 2.40. The van der Waals surface area contributed by atoms with Crippen LogP contribution in [0.1, 0.15) is 15.9 Å². The molecule has 0 radical (unpaired) electrons. The highest BCUT2D eigenvalue weighted by atomic mass is 79.9. The first-order valence-electron chi connectivity index (χ1n) is 5.79. The van der Waals surface area contributed by atoms with Crippen LogP contribution in [0.2, 0.25) is 0 Å². The second kappa shape index (κ2) is 5.95. The molecule has 2 rings (SSSR count). The fourth-order valence-corrected chi connectivity index (χ4v) is 3.86. The van der Waals surface area contributed by atoms with Gasteiger partial charge in [-0.15, -0.1) is 0 Å². The van der Waals surface area contributed by atoms with Crippen LogP contribution in [0.25, 0.3) is 0 Å². The summed E-state index contributed by atoms with van der Waals surface area (Å²) < 4.78 is 37.9. The normalized spacial score (nSPS) is 11.3. The molecule has 0 saturated heterocycles. The third kappa shape index (κ3) is 3.68. The molecule has 0 aliphatic rings. The van der Waals surface area contributed by atoms with Crippen LogP contribution in [0, 0.1) is 5.82 Å². The number of halogens is 2. The van der Waals surface area contributed by atoms with Gasteiger partial charge in [-0.2, -0.15) is 0 Å². The van der Waals surface area contributed by atoms with Gasteiger partial charge in [-0.3, -0.25) is 0 Å². The van der Waals surface area contributed by atoms with Crippen LogP contribution in [-0.4, -0.2) is 19.5 Å². The Labute approximate surface area is 129 Å². The summed E-state index contributed by atoms with van der Waals surface area (Å²) in [6.07, 6.45) is 0. The first kappa shape index (κ1) is 15.7. The lowest BCUT2D eigenvalue weighted by atomic mass is 10.1. The zero-order chi connectivity index (χ0) is 15.6.